The predicted molar refractivity (Wildman–Crippen MR) is 74.6 cm³/mol. The third-order valence-corrected chi connectivity index (χ3v) is 2.59. The van der Waals surface area contributed by atoms with Crippen LogP contribution in [-0.4, -0.2) is 37.0 Å². The van der Waals surface area contributed by atoms with Crippen LogP contribution in [0.15, 0.2) is 30.3 Å². The van der Waals surface area contributed by atoms with Gasteiger partial charge in [-0.15, -0.1) is 0 Å². The third kappa shape index (κ3) is 5.90. The second-order valence-electron chi connectivity index (χ2n) is 4.35. The van der Waals surface area contributed by atoms with Crippen molar-refractivity contribution < 1.29 is 9.59 Å². The minimum absolute atomic E-state index is 0.0701. The number of urea groups is 1. The van der Waals surface area contributed by atoms with Gasteiger partial charge < -0.3 is 15.5 Å². The number of benzene rings is 1. The largest absolute Gasteiger partial charge is 0.355 e. The van der Waals surface area contributed by atoms with Gasteiger partial charge in [0, 0.05) is 20.1 Å². The van der Waals surface area contributed by atoms with E-state index in [9.17, 15) is 9.59 Å². The summed E-state index contributed by atoms with van der Waals surface area (Å²) in [5, 5.41) is 5.50. The topological polar surface area (TPSA) is 61.4 Å². The molecular formula is C14H21N3O2. The summed E-state index contributed by atoms with van der Waals surface area (Å²) in [6.07, 6.45) is 0.885. The van der Waals surface area contributed by atoms with Crippen molar-refractivity contribution in [3.8, 4) is 0 Å². The van der Waals surface area contributed by atoms with Gasteiger partial charge in [-0.3, -0.25) is 4.79 Å². The molecule has 0 aliphatic carbocycles. The molecule has 0 radical (unpaired) electrons. The fourth-order valence-electron chi connectivity index (χ4n) is 1.52. The maximum absolute atomic E-state index is 11.8. The molecule has 0 aliphatic heterocycles. The van der Waals surface area contributed by atoms with Gasteiger partial charge in [0.25, 0.3) is 0 Å². The maximum atomic E-state index is 11.8. The minimum atomic E-state index is -0.254. The van der Waals surface area contributed by atoms with E-state index in [0.29, 0.717) is 13.1 Å². The summed E-state index contributed by atoms with van der Waals surface area (Å²) in [6, 6.07) is 9.39. The second-order valence-corrected chi connectivity index (χ2v) is 4.35. The number of nitrogens with zero attached hydrogens (tertiary/aromatic N) is 1. The lowest BCUT2D eigenvalue weighted by Gasteiger charge is -2.17. The van der Waals surface area contributed by atoms with E-state index in [-0.39, 0.29) is 18.5 Å². The summed E-state index contributed by atoms with van der Waals surface area (Å²) >= 11 is 0. The molecule has 0 saturated heterocycles. The summed E-state index contributed by atoms with van der Waals surface area (Å²) in [5.41, 5.74) is 1.03. The van der Waals surface area contributed by atoms with E-state index < -0.39 is 0 Å². The van der Waals surface area contributed by atoms with E-state index >= 15 is 0 Å². The van der Waals surface area contributed by atoms with Crippen LogP contribution >= 0.6 is 0 Å². The Morgan fingerprint density at radius 2 is 1.84 bits per heavy atom. The molecule has 0 spiro atoms. The van der Waals surface area contributed by atoms with E-state index in [0.717, 1.165) is 12.0 Å². The van der Waals surface area contributed by atoms with Crippen LogP contribution in [0.1, 0.15) is 18.9 Å². The van der Waals surface area contributed by atoms with Crippen molar-refractivity contribution in [2.45, 2.75) is 19.9 Å². The Hall–Kier alpha value is -2.04. The van der Waals surface area contributed by atoms with Gasteiger partial charge >= 0.3 is 6.03 Å². The van der Waals surface area contributed by atoms with Crippen LogP contribution in [0.3, 0.4) is 0 Å². The molecule has 1 aromatic carbocycles. The number of amides is 3. The molecule has 1 aromatic rings. The third-order valence-electron chi connectivity index (χ3n) is 2.59. The van der Waals surface area contributed by atoms with Gasteiger partial charge in [-0.05, 0) is 12.0 Å². The standard InChI is InChI=1S/C14H21N3O2/c1-3-9-15-13(18)11-17(2)14(19)16-10-12-7-5-4-6-8-12/h4-8H,3,9-11H2,1-2H3,(H,15,18)(H,16,19). The highest BCUT2D eigenvalue weighted by atomic mass is 16.2. The van der Waals surface area contributed by atoms with Crippen LogP contribution in [-0.2, 0) is 11.3 Å². The smallest absolute Gasteiger partial charge is 0.317 e. The van der Waals surface area contributed by atoms with Gasteiger partial charge in [-0.25, -0.2) is 4.79 Å². The molecule has 3 amide bonds. The average molecular weight is 263 g/mol. The van der Waals surface area contributed by atoms with Crippen LogP contribution in [0.2, 0.25) is 0 Å². The second kappa shape index (κ2) is 8.13. The van der Waals surface area contributed by atoms with Crippen molar-refractivity contribution >= 4 is 11.9 Å². The Bertz CT molecular complexity index is 406. The molecule has 5 nitrogen and oxygen atoms in total. The van der Waals surface area contributed by atoms with Crippen molar-refractivity contribution in [1.29, 1.82) is 0 Å². The van der Waals surface area contributed by atoms with Crippen LogP contribution in [0, 0.1) is 0 Å². The van der Waals surface area contributed by atoms with Gasteiger partial charge in [-0.2, -0.15) is 0 Å². The number of carbonyl (C=O) groups excluding carboxylic acids is 2. The van der Waals surface area contributed by atoms with Crippen molar-refractivity contribution in [3.05, 3.63) is 35.9 Å². The number of rotatable bonds is 6. The van der Waals surface area contributed by atoms with Crippen LogP contribution < -0.4 is 10.6 Å². The van der Waals surface area contributed by atoms with Gasteiger partial charge in [0.15, 0.2) is 0 Å². The minimum Gasteiger partial charge on any atom is -0.355 e. The molecule has 19 heavy (non-hydrogen) atoms. The summed E-state index contributed by atoms with van der Waals surface area (Å²) in [4.78, 5) is 24.6. The van der Waals surface area contributed by atoms with Crippen molar-refractivity contribution in [2.24, 2.45) is 0 Å². The fourth-order valence-corrected chi connectivity index (χ4v) is 1.52. The van der Waals surface area contributed by atoms with Crippen molar-refractivity contribution in [2.75, 3.05) is 20.1 Å². The molecule has 0 atom stereocenters. The monoisotopic (exact) mass is 263 g/mol. The Labute approximate surface area is 114 Å². The molecule has 5 heteroatoms. The first-order valence-electron chi connectivity index (χ1n) is 6.43. The van der Waals surface area contributed by atoms with E-state index in [4.69, 9.17) is 0 Å². The zero-order valence-corrected chi connectivity index (χ0v) is 11.5. The molecule has 104 valence electrons. The maximum Gasteiger partial charge on any atom is 0.317 e. The summed E-state index contributed by atoms with van der Waals surface area (Å²) in [5.74, 6) is -0.140. The quantitative estimate of drug-likeness (QED) is 0.814. The Morgan fingerprint density at radius 1 is 1.16 bits per heavy atom. The predicted octanol–water partition coefficient (Wildman–Crippen LogP) is 1.35. The van der Waals surface area contributed by atoms with Crippen molar-refractivity contribution in [3.63, 3.8) is 0 Å². The van der Waals surface area contributed by atoms with E-state index in [2.05, 4.69) is 10.6 Å². The van der Waals surface area contributed by atoms with Gasteiger partial charge in [-0.1, -0.05) is 37.3 Å². The molecule has 0 saturated carbocycles. The summed E-state index contributed by atoms with van der Waals surface area (Å²) in [7, 11) is 1.60. The molecular weight excluding hydrogens is 242 g/mol. The summed E-state index contributed by atoms with van der Waals surface area (Å²) in [6.45, 7) is 3.15. The highest BCUT2D eigenvalue weighted by molar-refractivity contribution is 5.83. The zero-order valence-electron chi connectivity index (χ0n) is 11.5. The molecule has 0 unspecified atom stereocenters. The van der Waals surface area contributed by atoms with Crippen LogP contribution in [0.5, 0.6) is 0 Å². The SMILES string of the molecule is CCCNC(=O)CN(C)C(=O)NCc1ccccc1. The molecule has 0 aromatic heterocycles. The number of hydrogen-bond donors (Lipinski definition) is 2. The summed E-state index contributed by atoms with van der Waals surface area (Å²) < 4.78 is 0. The number of carbonyl (C=O) groups is 2. The van der Waals surface area contributed by atoms with Crippen LogP contribution in [0.4, 0.5) is 4.79 Å². The van der Waals surface area contributed by atoms with Gasteiger partial charge in [0.1, 0.15) is 6.54 Å². The number of nitrogens with one attached hydrogen (secondary N) is 2. The number of hydrogen-bond acceptors (Lipinski definition) is 2. The Kier molecular flexibility index (Phi) is 6.43. The molecule has 0 heterocycles. The lowest BCUT2D eigenvalue weighted by Crippen LogP contribution is -2.43. The molecule has 0 aliphatic rings. The lowest BCUT2D eigenvalue weighted by atomic mass is 10.2. The van der Waals surface area contributed by atoms with E-state index in [1.165, 1.54) is 4.90 Å². The lowest BCUT2D eigenvalue weighted by molar-refractivity contribution is -0.121. The average Bonchev–Trinajstić information content (AvgIpc) is 2.43. The molecule has 2 N–H and O–H groups in total. The first kappa shape index (κ1) is 15.0. The van der Waals surface area contributed by atoms with Crippen LogP contribution in [0.25, 0.3) is 0 Å². The van der Waals surface area contributed by atoms with Gasteiger partial charge in [0.2, 0.25) is 5.91 Å². The molecule has 0 bridgehead atoms. The first-order chi connectivity index (χ1) is 9.13. The fraction of sp³-hybridized carbons (Fsp3) is 0.429. The highest BCUT2D eigenvalue weighted by Gasteiger charge is 2.11. The number of likely N-dealkylation sites (N-methyl/N-ethyl adjacent to an activating group) is 1. The first-order valence-corrected chi connectivity index (χ1v) is 6.43. The Morgan fingerprint density at radius 3 is 2.47 bits per heavy atom. The zero-order chi connectivity index (χ0) is 14.1. The normalized spacial score (nSPS) is 9.79. The molecule has 0 fully saturated rings. The molecule has 1 rings (SSSR count). The van der Waals surface area contributed by atoms with E-state index in [1.807, 2.05) is 37.3 Å². The van der Waals surface area contributed by atoms with E-state index in [1.54, 1.807) is 7.05 Å². The van der Waals surface area contributed by atoms with Crippen molar-refractivity contribution in [1.82, 2.24) is 15.5 Å². The Balaban J connectivity index is 2.30. The van der Waals surface area contributed by atoms with Gasteiger partial charge in [0.05, 0.1) is 0 Å². The highest BCUT2D eigenvalue weighted by Crippen LogP contribution is 1.97.